The van der Waals surface area contributed by atoms with E-state index >= 15 is 0 Å². The summed E-state index contributed by atoms with van der Waals surface area (Å²) in [6.45, 7) is 2.10. The highest BCUT2D eigenvalue weighted by atomic mass is 16.5. The van der Waals surface area contributed by atoms with E-state index in [2.05, 4.69) is 54.3 Å². The lowest BCUT2D eigenvalue weighted by Gasteiger charge is -2.32. The molecule has 6 rings (SSSR count). The summed E-state index contributed by atoms with van der Waals surface area (Å²) in [5.41, 5.74) is 7.20. The molecular formula is C25H21NO2. The lowest BCUT2D eigenvalue weighted by atomic mass is 9.90. The van der Waals surface area contributed by atoms with Crippen molar-refractivity contribution in [2.75, 3.05) is 4.90 Å². The van der Waals surface area contributed by atoms with Crippen LogP contribution in [0.25, 0.3) is 11.0 Å². The summed E-state index contributed by atoms with van der Waals surface area (Å²) >= 11 is 0. The molecule has 0 radical (unpaired) electrons. The lowest BCUT2D eigenvalue weighted by Crippen LogP contribution is -2.18. The summed E-state index contributed by atoms with van der Waals surface area (Å²) in [7, 11) is 0. The lowest BCUT2D eigenvalue weighted by molar-refractivity contribution is 0.463. The molecule has 0 atom stereocenters. The topological polar surface area (TPSA) is 25.6 Å². The standard InChI is InChI=1S/C25H21NO2/c1-16-13-14-22-19(15-16)24-25(28-22)26(21-10-4-5-12-23(21)27-24)20-11-6-8-17-7-2-3-9-18(17)20/h4-6,8,10-15H,2-3,7,9H2,1H3. The zero-order valence-electron chi connectivity index (χ0n) is 15.9. The summed E-state index contributed by atoms with van der Waals surface area (Å²) in [4.78, 5) is 2.26. The quantitative estimate of drug-likeness (QED) is 0.313. The molecule has 0 saturated carbocycles. The van der Waals surface area contributed by atoms with Gasteiger partial charge in [-0.3, -0.25) is 4.90 Å². The molecule has 138 valence electrons. The van der Waals surface area contributed by atoms with Gasteiger partial charge >= 0.3 is 0 Å². The number of hydrogen-bond acceptors (Lipinski definition) is 3. The van der Waals surface area contributed by atoms with Crippen molar-refractivity contribution in [3.63, 3.8) is 0 Å². The van der Waals surface area contributed by atoms with Crippen LogP contribution in [0.1, 0.15) is 29.5 Å². The average Bonchev–Trinajstić information content (AvgIpc) is 3.09. The van der Waals surface area contributed by atoms with Gasteiger partial charge in [0.25, 0.3) is 0 Å². The van der Waals surface area contributed by atoms with Gasteiger partial charge in [-0.15, -0.1) is 0 Å². The number of rotatable bonds is 1. The third kappa shape index (κ3) is 2.22. The molecule has 1 aliphatic carbocycles. The first kappa shape index (κ1) is 15.8. The predicted octanol–water partition coefficient (Wildman–Crippen LogP) is 7.20. The van der Waals surface area contributed by atoms with Crippen LogP contribution in [0.4, 0.5) is 17.3 Å². The van der Waals surface area contributed by atoms with Gasteiger partial charge in [-0.25, -0.2) is 0 Å². The molecule has 1 aliphatic heterocycles. The number of fused-ring (bicyclic) bond motifs is 5. The molecule has 0 N–H and O–H groups in total. The highest BCUT2D eigenvalue weighted by Gasteiger charge is 2.33. The van der Waals surface area contributed by atoms with E-state index < -0.39 is 0 Å². The van der Waals surface area contributed by atoms with Gasteiger partial charge < -0.3 is 9.15 Å². The van der Waals surface area contributed by atoms with Gasteiger partial charge in [-0.05, 0) is 74.1 Å². The largest absolute Gasteiger partial charge is 0.449 e. The van der Waals surface area contributed by atoms with E-state index in [-0.39, 0.29) is 0 Å². The molecule has 3 heteroatoms. The Hall–Kier alpha value is -3.20. The number of anilines is 3. The SMILES string of the molecule is Cc1ccc2oc3c(c2c1)Oc1ccccc1N3c1cccc2c1CCCC2. The minimum Gasteiger partial charge on any atom is -0.449 e. The molecule has 3 nitrogen and oxygen atoms in total. The zero-order chi connectivity index (χ0) is 18.7. The van der Waals surface area contributed by atoms with E-state index in [0.717, 1.165) is 46.9 Å². The van der Waals surface area contributed by atoms with Crippen LogP contribution >= 0.6 is 0 Å². The number of hydrogen-bond donors (Lipinski definition) is 0. The second-order valence-electron chi connectivity index (χ2n) is 7.76. The van der Waals surface area contributed by atoms with E-state index in [0.29, 0.717) is 0 Å². The van der Waals surface area contributed by atoms with E-state index in [1.165, 1.54) is 35.2 Å². The normalized spacial score (nSPS) is 15.0. The molecule has 0 saturated heterocycles. The molecule has 2 heterocycles. The van der Waals surface area contributed by atoms with E-state index in [9.17, 15) is 0 Å². The molecule has 2 aliphatic rings. The van der Waals surface area contributed by atoms with Gasteiger partial charge in [0.1, 0.15) is 5.58 Å². The van der Waals surface area contributed by atoms with Gasteiger partial charge in [-0.2, -0.15) is 0 Å². The van der Waals surface area contributed by atoms with E-state index in [1.807, 2.05) is 18.2 Å². The van der Waals surface area contributed by atoms with Crippen molar-refractivity contribution in [3.8, 4) is 11.5 Å². The average molecular weight is 367 g/mol. The third-order valence-corrected chi connectivity index (χ3v) is 5.91. The van der Waals surface area contributed by atoms with Gasteiger partial charge in [0, 0.05) is 0 Å². The first-order valence-electron chi connectivity index (χ1n) is 10.0. The van der Waals surface area contributed by atoms with Crippen LogP contribution in [0, 0.1) is 6.92 Å². The summed E-state index contributed by atoms with van der Waals surface area (Å²) in [6, 6.07) is 21.2. The summed E-state index contributed by atoms with van der Waals surface area (Å²) in [6.07, 6.45) is 4.77. The molecule has 0 bridgehead atoms. The van der Waals surface area contributed by atoms with Crippen LogP contribution in [-0.4, -0.2) is 0 Å². The van der Waals surface area contributed by atoms with Gasteiger partial charge in [0.15, 0.2) is 11.5 Å². The Kier molecular flexibility index (Phi) is 3.33. The maximum absolute atomic E-state index is 6.36. The molecule has 0 spiro atoms. The number of para-hydroxylation sites is 2. The van der Waals surface area contributed by atoms with Crippen molar-refractivity contribution in [1.29, 1.82) is 0 Å². The number of ether oxygens (including phenoxy) is 1. The van der Waals surface area contributed by atoms with Gasteiger partial charge in [0.05, 0.1) is 16.8 Å². The van der Waals surface area contributed by atoms with Crippen molar-refractivity contribution < 1.29 is 9.15 Å². The first-order chi connectivity index (χ1) is 13.8. The minimum atomic E-state index is 0.776. The molecule has 0 fully saturated rings. The van der Waals surface area contributed by atoms with Crippen molar-refractivity contribution in [2.45, 2.75) is 32.6 Å². The fraction of sp³-hybridized carbons (Fsp3) is 0.200. The monoisotopic (exact) mass is 367 g/mol. The van der Waals surface area contributed by atoms with Crippen molar-refractivity contribution in [1.82, 2.24) is 0 Å². The minimum absolute atomic E-state index is 0.776. The van der Waals surface area contributed by atoms with Crippen molar-refractivity contribution >= 4 is 28.2 Å². The van der Waals surface area contributed by atoms with Crippen molar-refractivity contribution in [2.24, 2.45) is 0 Å². The Labute approximate surface area is 164 Å². The molecular weight excluding hydrogens is 346 g/mol. The smallest absolute Gasteiger partial charge is 0.249 e. The molecule has 28 heavy (non-hydrogen) atoms. The number of nitrogens with zero attached hydrogens (tertiary/aromatic N) is 1. The summed E-state index contributed by atoms with van der Waals surface area (Å²) < 4.78 is 12.7. The maximum Gasteiger partial charge on any atom is 0.249 e. The Morgan fingerprint density at radius 1 is 0.857 bits per heavy atom. The van der Waals surface area contributed by atoms with Gasteiger partial charge in [0.2, 0.25) is 5.88 Å². The first-order valence-corrected chi connectivity index (χ1v) is 10.0. The Morgan fingerprint density at radius 3 is 2.68 bits per heavy atom. The highest BCUT2D eigenvalue weighted by Crippen LogP contribution is 2.55. The number of aryl methyl sites for hydroxylation is 2. The van der Waals surface area contributed by atoms with Crippen molar-refractivity contribution in [3.05, 3.63) is 77.4 Å². The molecule has 3 aromatic carbocycles. The molecule has 0 unspecified atom stereocenters. The molecule has 1 aromatic heterocycles. The Bertz CT molecular complexity index is 1220. The van der Waals surface area contributed by atoms with Crippen LogP contribution in [0.5, 0.6) is 11.5 Å². The fourth-order valence-corrected chi connectivity index (χ4v) is 4.58. The Balaban J connectivity index is 1.66. The van der Waals surface area contributed by atoms with Crippen LogP contribution in [0.15, 0.2) is 65.1 Å². The fourth-order valence-electron chi connectivity index (χ4n) is 4.58. The zero-order valence-corrected chi connectivity index (χ0v) is 15.9. The van der Waals surface area contributed by atoms with E-state index in [4.69, 9.17) is 9.15 Å². The summed E-state index contributed by atoms with van der Waals surface area (Å²) in [5.74, 6) is 2.46. The Morgan fingerprint density at radius 2 is 1.71 bits per heavy atom. The van der Waals surface area contributed by atoms with E-state index in [1.54, 1.807) is 0 Å². The second kappa shape index (κ2) is 5.90. The van der Waals surface area contributed by atoms with Crippen LogP contribution in [-0.2, 0) is 12.8 Å². The number of benzene rings is 3. The number of furan rings is 1. The second-order valence-corrected chi connectivity index (χ2v) is 7.76. The molecule has 0 amide bonds. The third-order valence-electron chi connectivity index (χ3n) is 5.91. The van der Waals surface area contributed by atoms with Crippen LogP contribution in [0.3, 0.4) is 0 Å². The predicted molar refractivity (Wildman–Crippen MR) is 112 cm³/mol. The van der Waals surface area contributed by atoms with Crippen LogP contribution in [0.2, 0.25) is 0 Å². The summed E-state index contributed by atoms with van der Waals surface area (Å²) in [5, 5.41) is 1.03. The maximum atomic E-state index is 6.36. The van der Waals surface area contributed by atoms with Crippen LogP contribution < -0.4 is 9.64 Å². The highest BCUT2D eigenvalue weighted by molar-refractivity contribution is 5.97. The molecule has 4 aromatic rings. The van der Waals surface area contributed by atoms with Gasteiger partial charge in [-0.1, -0.05) is 35.9 Å².